The highest BCUT2D eigenvalue weighted by molar-refractivity contribution is 5.72. The molecule has 0 bridgehead atoms. The number of nitrogens with zero attached hydrogens (tertiary/aromatic N) is 4. The average Bonchev–Trinajstić information content (AvgIpc) is 2.72. The van der Waals surface area contributed by atoms with Gasteiger partial charge in [0.25, 0.3) is 0 Å². The van der Waals surface area contributed by atoms with Gasteiger partial charge in [-0.25, -0.2) is 0 Å². The van der Waals surface area contributed by atoms with Crippen molar-refractivity contribution in [1.82, 2.24) is 15.1 Å². The van der Waals surface area contributed by atoms with Crippen LogP contribution >= 0.6 is 0 Å². The molecule has 6 nitrogen and oxygen atoms in total. The molecule has 0 spiro atoms. The number of aliphatic hydroxyl groups excluding tert-OH is 1. The van der Waals surface area contributed by atoms with Crippen LogP contribution in [0.15, 0.2) is 18.2 Å². The highest BCUT2D eigenvalue weighted by atomic mass is 19.4. The summed E-state index contributed by atoms with van der Waals surface area (Å²) in [5.74, 6) is 0.371. The van der Waals surface area contributed by atoms with Crippen LogP contribution in [0.25, 0.3) is 11.3 Å². The third kappa shape index (κ3) is 4.48. The fourth-order valence-electron chi connectivity index (χ4n) is 4.77. The van der Waals surface area contributed by atoms with Gasteiger partial charge in [-0.3, -0.25) is 4.90 Å². The van der Waals surface area contributed by atoms with E-state index in [2.05, 4.69) is 20.0 Å². The summed E-state index contributed by atoms with van der Waals surface area (Å²) >= 11 is 0. The van der Waals surface area contributed by atoms with Crippen LogP contribution in [0.5, 0.6) is 5.75 Å². The quantitative estimate of drug-likeness (QED) is 0.766. The largest absolute Gasteiger partial charge is 0.507 e. The lowest BCUT2D eigenvalue weighted by Gasteiger charge is -2.42. The Morgan fingerprint density at radius 1 is 1.13 bits per heavy atom. The molecule has 2 aliphatic heterocycles. The molecule has 0 aliphatic carbocycles. The van der Waals surface area contributed by atoms with Crippen LogP contribution in [0.4, 0.5) is 19.0 Å². The lowest BCUT2D eigenvalue weighted by molar-refractivity contribution is -0.137. The predicted octanol–water partition coefficient (Wildman–Crippen LogP) is 3.39. The van der Waals surface area contributed by atoms with Crippen LogP contribution < -0.4 is 4.90 Å². The molecule has 0 unspecified atom stereocenters. The minimum Gasteiger partial charge on any atom is -0.507 e. The van der Waals surface area contributed by atoms with Gasteiger partial charge in [-0.2, -0.15) is 13.2 Å². The van der Waals surface area contributed by atoms with Gasteiger partial charge in [-0.05, 0) is 68.5 Å². The number of aryl methyl sites for hydroxylation is 2. The molecular weight excluding hydrogens is 409 g/mol. The number of hydrogen-bond donors (Lipinski definition) is 2. The SMILES string of the molecule is Cc1cc(C(F)(F)F)cc(O)c1-c1cc2c(nn1)N([C@@H]1CCCN(CCO)C1)CCC2. The second kappa shape index (κ2) is 8.63. The van der Waals surface area contributed by atoms with Gasteiger partial charge < -0.3 is 15.1 Å². The number of piperidine rings is 1. The van der Waals surface area contributed by atoms with Crippen LogP contribution in [0.2, 0.25) is 0 Å². The minimum absolute atomic E-state index is 0.141. The Hall–Kier alpha value is -2.39. The number of β-amino-alcohol motifs (C(OH)–C–C–N with tert-alkyl or cyclic N) is 1. The molecule has 3 heterocycles. The van der Waals surface area contributed by atoms with E-state index in [1.54, 1.807) is 0 Å². The van der Waals surface area contributed by atoms with Crippen LogP contribution in [0.1, 0.15) is 36.0 Å². The summed E-state index contributed by atoms with van der Waals surface area (Å²) < 4.78 is 39.1. The molecule has 31 heavy (non-hydrogen) atoms. The van der Waals surface area contributed by atoms with Crippen LogP contribution in [-0.2, 0) is 12.6 Å². The van der Waals surface area contributed by atoms with E-state index in [1.807, 2.05) is 6.07 Å². The molecule has 1 fully saturated rings. The zero-order valence-corrected chi connectivity index (χ0v) is 17.5. The third-order valence-electron chi connectivity index (χ3n) is 6.20. The van der Waals surface area contributed by atoms with Gasteiger partial charge in [0, 0.05) is 31.2 Å². The first-order valence-electron chi connectivity index (χ1n) is 10.7. The lowest BCUT2D eigenvalue weighted by Crippen LogP contribution is -2.50. The summed E-state index contributed by atoms with van der Waals surface area (Å²) in [5, 5.41) is 28.3. The number of hydrogen-bond acceptors (Lipinski definition) is 6. The normalized spacial score (nSPS) is 20.0. The number of alkyl halides is 3. The standard InChI is InChI=1S/C22H27F3N4O2/c1-14-10-16(22(23,24)25)12-19(31)20(14)18-11-15-4-2-7-29(21(15)27-26-18)17-5-3-6-28(13-17)8-9-30/h10-12,17,30-31H,2-9,13H2,1H3/t17-/m1/s1. The van der Waals surface area contributed by atoms with Crippen molar-refractivity contribution in [2.45, 2.75) is 44.8 Å². The van der Waals surface area contributed by atoms with Gasteiger partial charge >= 0.3 is 6.18 Å². The molecule has 168 valence electrons. The maximum Gasteiger partial charge on any atom is 0.416 e. The number of anilines is 1. The van der Waals surface area contributed by atoms with Gasteiger partial charge in [0.05, 0.1) is 17.9 Å². The Bertz CT molecular complexity index is 926. The number of rotatable bonds is 4. The summed E-state index contributed by atoms with van der Waals surface area (Å²) in [6.45, 7) is 5.06. The Balaban J connectivity index is 1.64. The molecule has 0 saturated carbocycles. The molecular formula is C22H27F3N4O2. The van der Waals surface area contributed by atoms with E-state index in [1.165, 1.54) is 6.92 Å². The number of aromatic nitrogens is 2. The van der Waals surface area contributed by atoms with Crippen LogP contribution in [-0.4, -0.2) is 64.1 Å². The fourth-order valence-corrected chi connectivity index (χ4v) is 4.77. The van der Waals surface area contributed by atoms with Gasteiger partial charge in [-0.1, -0.05) is 0 Å². The molecule has 1 atom stereocenters. The molecule has 0 amide bonds. The topological polar surface area (TPSA) is 72.7 Å². The van der Waals surface area contributed by atoms with Gasteiger partial charge in [0.1, 0.15) is 5.75 Å². The van der Waals surface area contributed by atoms with E-state index in [4.69, 9.17) is 0 Å². The van der Waals surface area contributed by atoms with Crippen LogP contribution in [0, 0.1) is 6.92 Å². The van der Waals surface area contributed by atoms with Crippen molar-refractivity contribution in [3.8, 4) is 17.0 Å². The van der Waals surface area contributed by atoms with Crippen molar-refractivity contribution in [2.75, 3.05) is 37.7 Å². The van der Waals surface area contributed by atoms with E-state index < -0.39 is 17.5 Å². The maximum atomic E-state index is 13.0. The number of aliphatic hydroxyl groups is 1. The molecule has 4 rings (SSSR count). The number of phenols is 1. The second-order valence-electron chi connectivity index (χ2n) is 8.38. The summed E-state index contributed by atoms with van der Waals surface area (Å²) in [5.41, 5.74) is 1.09. The smallest absolute Gasteiger partial charge is 0.416 e. The Labute approximate surface area is 179 Å². The lowest BCUT2D eigenvalue weighted by atomic mass is 9.96. The van der Waals surface area contributed by atoms with E-state index in [0.717, 1.165) is 68.8 Å². The average molecular weight is 436 g/mol. The van der Waals surface area contributed by atoms with Gasteiger partial charge in [0.15, 0.2) is 5.82 Å². The molecule has 2 aromatic rings. The number of benzene rings is 1. The minimum atomic E-state index is -4.52. The summed E-state index contributed by atoms with van der Waals surface area (Å²) in [7, 11) is 0. The molecule has 0 radical (unpaired) electrons. The highest BCUT2D eigenvalue weighted by Gasteiger charge is 2.33. The first-order chi connectivity index (χ1) is 14.8. The Morgan fingerprint density at radius 3 is 2.65 bits per heavy atom. The zero-order chi connectivity index (χ0) is 22.2. The van der Waals surface area contributed by atoms with Crippen molar-refractivity contribution in [3.63, 3.8) is 0 Å². The first kappa shape index (κ1) is 21.8. The number of phenolic OH excluding ortho intramolecular Hbond substituents is 1. The van der Waals surface area contributed by atoms with Crippen molar-refractivity contribution in [3.05, 3.63) is 34.9 Å². The number of halogens is 3. The predicted molar refractivity (Wildman–Crippen MR) is 111 cm³/mol. The van der Waals surface area contributed by atoms with Crippen LogP contribution in [0.3, 0.4) is 0 Å². The molecule has 1 saturated heterocycles. The number of fused-ring (bicyclic) bond motifs is 1. The fraction of sp³-hybridized carbons (Fsp3) is 0.545. The van der Waals surface area contributed by atoms with E-state index in [-0.39, 0.29) is 12.2 Å². The summed E-state index contributed by atoms with van der Waals surface area (Å²) in [6.07, 6.45) is -0.661. The number of likely N-dealkylation sites (tertiary alicyclic amines) is 1. The highest BCUT2D eigenvalue weighted by Crippen LogP contribution is 2.39. The molecule has 2 N–H and O–H groups in total. The Morgan fingerprint density at radius 2 is 1.94 bits per heavy atom. The molecule has 1 aromatic carbocycles. The van der Waals surface area contributed by atoms with E-state index >= 15 is 0 Å². The molecule has 2 aliphatic rings. The molecule has 1 aromatic heterocycles. The molecule has 9 heteroatoms. The maximum absolute atomic E-state index is 13.0. The third-order valence-corrected chi connectivity index (χ3v) is 6.20. The van der Waals surface area contributed by atoms with Crippen molar-refractivity contribution < 1.29 is 23.4 Å². The summed E-state index contributed by atoms with van der Waals surface area (Å²) in [4.78, 5) is 4.53. The van der Waals surface area contributed by atoms with Gasteiger partial charge in [-0.15, -0.1) is 10.2 Å². The van der Waals surface area contributed by atoms with Crippen molar-refractivity contribution in [1.29, 1.82) is 0 Å². The van der Waals surface area contributed by atoms with Crippen molar-refractivity contribution >= 4 is 5.82 Å². The summed E-state index contributed by atoms with van der Waals surface area (Å²) in [6, 6.07) is 3.91. The monoisotopic (exact) mass is 436 g/mol. The van der Waals surface area contributed by atoms with E-state index in [0.29, 0.717) is 23.8 Å². The number of aromatic hydroxyl groups is 1. The first-order valence-corrected chi connectivity index (χ1v) is 10.7. The zero-order valence-electron chi connectivity index (χ0n) is 17.5. The van der Waals surface area contributed by atoms with Gasteiger partial charge in [0.2, 0.25) is 0 Å². The van der Waals surface area contributed by atoms with E-state index in [9.17, 15) is 23.4 Å². The second-order valence-corrected chi connectivity index (χ2v) is 8.38. The Kier molecular flexibility index (Phi) is 6.07. The van der Waals surface area contributed by atoms with Crippen molar-refractivity contribution in [2.24, 2.45) is 0 Å².